The van der Waals surface area contributed by atoms with Gasteiger partial charge in [-0.2, -0.15) is 0 Å². The Labute approximate surface area is 161 Å². The number of benzene rings is 1. The van der Waals surface area contributed by atoms with Crippen molar-refractivity contribution in [1.29, 1.82) is 0 Å². The summed E-state index contributed by atoms with van der Waals surface area (Å²) in [7, 11) is 0. The summed E-state index contributed by atoms with van der Waals surface area (Å²) in [5.41, 5.74) is 1.69. The van der Waals surface area contributed by atoms with Crippen LogP contribution in [0, 0.1) is 12.8 Å². The average Bonchev–Trinajstić information content (AvgIpc) is 2.97. The van der Waals surface area contributed by atoms with Crippen molar-refractivity contribution >= 4 is 35.1 Å². The van der Waals surface area contributed by atoms with E-state index in [9.17, 15) is 4.79 Å². The Morgan fingerprint density at radius 3 is 2.81 bits per heavy atom. The van der Waals surface area contributed by atoms with Crippen molar-refractivity contribution in [3.63, 3.8) is 0 Å². The highest BCUT2D eigenvalue weighted by Crippen LogP contribution is 2.37. The summed E-state index contributed by atoms with van der Waals surface area (Å²) in [5.74, 6) is 0.432. The van der Waals surface area contributed by atoms with Gasteiger partial charge in [0.15, 0.2) is 0 Å². The van der Waals surface area contributed by atoms with Crippen LogP contribution in [0.2, 0.25) is 5.02 Å². The Kier molecular flexibility index (Phi) is 6.99. The topological polar surface area (TPSA) is 81.0 Å². The standard InChI is InChI=1S/C18H21ClN2O4S/c1-5-24-18(22)16-11(4)21-17(26-16)12-6-7-14(25-9-10(2)3)15(19)13(12)8-20-23/h6-8,10,23H,5,9H2,1-4H3. The van der Waals surface area contributed by atoms with Gasteiger partial charge >= 0.3 is 5.97 Å². The number of carbonyl (C=O) groups is 1. The Bertz CT molecular complexity index is 818. The fraction of sp³-hybridized carbons (Fsp3) is 0.389. The van der Waals surface area contributed by atoms with E-state index in [2.05, 4.69) is 10.1 Å². The lowest BCUT2D eigenvalue weighted by atomic mass is 10.1. The first kappa shape index (κ1) is 20.2. The molecular weight excluding hydrogens is 376 g/mol. The highest BCUT2D eigenvalue weighted by Gasteiger charge is 2.21. The third-order valence-corrected chi connectivity index (χ3v) is 4.95. The second-order valence-electron chi connectivity index (χ2n) is 5.94. The molecule has 8 heteroatoms. The number of carbonyl (C=O) groups excluding carboxylic acids is 1. The van der Waals surface area contributed by atoms with E-state index in [-0.39, 0.29) is 0 Å². The lowest BCUT2D eigenvalue weighted by Gasteiger charge is -2.13. The summed E-state index contributed by atoms with van der Waals surface area (Å²) >= 11 is 7.65. The first-order valence-electron chi connectivity index (χ1n) is 8.16. The third kappa shape index (κ3) is 4.53. The van der Waals surface area contributed by atoms with E-state index in [1.54, 1.807) is 26.0 Å². The molecule has 2 aromatic rings. The van der Waals surface area contributed by atoms with E-state index in [1.807, 2.05) is 13.8 Å². The SMILES string of the molecule is CCOC(=O)c1sc(-c2ccc(OCC(C)C)c(Cl)c2C=NO)nc1C. The number of nitrogens with zero attached hydrogens (tertiary/aromatic N) is 2. The molecular formula is C18H21ClN2O4S. The van der Waals surface area contributed by atoms with Gasteiger partial charge < -0.3 is 14.7 Å². The molecule has 1 aromatic heterocycles. The zero-order valence-corrected chi connectivity index (χ0v) is 16.6. The van der Waals surface area contributed by atoms with Crippen molar-refractivity contribution in [2.75, 3.05) is 13.2 Å². The van der Waals surface area contributed by atoms with Gasteiger partial charge in [-0.1, -0.05) is 30.6 Å². The van der Waals surface area contributed by atoms with Crippen LogP contribution >= 0.6 is 22.9 Å². The molecule has 1 aromatic carbocycles. The molecule has 140 valence electrons. The monoisotopic (exact) mass is 396 g/mol. The minimum absolute atomic E-state index is 0.293. The summed E-state index contributed by atoms with van der Waals surface area (Å²) in [6.07, 6.45) is 1.24. The number of aromatic nitrogens is 1. The summed E-state index contributed by atoms with van der Waals surface area (Å²) in [6.45, 7) is 8.37. The molecule has 0 amide bonds. The molecule has 0 unspecified atom stereocenters. The summed E-state index contributed by atoms with van der Waals surface area (Å²) in [6, 6.07) is 3.53. The van der Waals surface area contributed by atoms with Gasteiger partial charge in [0.1, 0.15) is 15.6 Å². The third-order valence-electron chi connectivity index (χ3n) is 3.39. The fourth-order valence-electron chi connectivity index (χ4n) is 2.21. The predicted octanol–water partition coefficient (Wildman–Crippen LogP) is 4.79. The molecule has 0 aliphatic carbocycles. The van der Waals surface area contributed by atoms with Gasteiger partial charge in [-0.25, -0.2) is 9.78 Å². The van der Waals surface area contributed by atoms with Crippen LogP contribution in [-0.4, -0.2) is 35.6 Å². The van der Waals surface area contributed by atoms with E-state index in [1.165, 1.54) is 17.6 Å². The van der Waals surface area contributed by atoms with E-state index < -0.39 is 5.97 Å². The number of hydrogen-bond donors (Lipinski definition) is 1. The largest absolute Gasteiger partial charge is 0.492 e. The van der Waals surface area contributed by atoms with Crippen LogP contribution in [0.4, 0.5) is 0 Å². The normalized spacial score (nSPS) is 11.3. The number of aryl methyl sites for hydroxylation is 1. The number of oxime groups is 1. The molecule has 0 spiro atoms. The molecule has 1 N–H and O–H groups in total. The number of rotatable bonds is 7. The number of halogens is 1. The maximum atomic E-state index is 12.0. The molecule has 2 rings (SSSR count). The average molecular weight is 397 g/mol. The predicted molar refractivity (Wildman–Crippen MR) is 103 cm³/mol. The zero-order chi connectivity index (χ0) is 19.3. The van der Waals surface area contributed by atoms with E-state index in [0.29, 0.717) is 56.6 Å². The van der Waals surface area contributed by atoms with Gasteiger partial charge in [-0.05, 0) is 31.9 Å². The van der Waals surface area contributed by atoms with Gasteiger partial charge in [0.2, 0.25) is 0 Å². The van der Waals surface area contributed by atoms with Crippen molar-refractivity contribution in [1.82, 2.24) is 4.98 Å². The van der Waals surface area contributed by atoms with Gasteiger partial charge in [-0.15, -0.1) is 11.3 Å². The van der Waals surface area contributed by atoms with Gasteiger partial charge in [-0.3, -0.25) is 0 Å². The number of ether oxygens (including phenoxy) is 2. The Morgan fingerprint density at radius 2 is 2.19 bits per heavy atom. The minimum atomic E-state index is -0.408. The number of esters is 1. The Balaban J connectivity index is 2.48. The molecule has 1 heterocycles. The zero-order valence-electron chi connectivity index (χ0n) is 15.1. The second kappa shape index (κ2) is 9.00. The highest BCUT2D eigenvalue weighted by atomic mass is 35.5. The van der Waals surface area contributed by atoms with Crippen molar-refractivity contribution in [2.45, 2.75) is 27.7 Å². The van der Waals surface area contributed by atoms with Crippen molar-refractivity contribution < 1.29 is 19.5 Å². The summed E-state index contributed by atoms with van der Waals surface area (Å²) in [4.78, 5) is 16.9. The van der Waals surface area contributed by atoms with Gasteiger partial charge in [0.05, 0.1) is 30.1 Å². The lowest BCUT2D eigenvalue weighted by Crippen LogP contribution is -2.05. The summed E-state index contributed by atoms with van der Waals surface area (Å²) in [5, 5.41) is 13.0. The van der Waals surface area contributed by atoms with E-state index in [0.717, 1.165) is 0 Å². The van der Waals surface area contributed by atoms with Crippen LogP contribution in [0.15, 0.2) is 17.3 Å². The fourth-order valence-corrected chi connectivity index (χ4v) is 3.48. The van der Waals surface area contributed by atoms with E-state index >= 15 is 0 Å². The van der Waals surface area contributed by atoms with Crippen molar-refractivity contribution in [2.24, 2.45) is 11.1 Å². The Hall–Kier alpha value is -2.12. The van der Waals surface area contributed by atoms with Crippen LogP contribution in [0.1, 0.15) is 41.7 Å². The Morgan fingerprint density at radius 1 is 1.46 bits per heavy atom. The van der Waals surface area contributed by atoms with Gasteiger partial charge in [0, 0.05) is 11.1 Å². The van der Waals surface area contributed by atoms with Crippen LogP contribution < -0.4 is 4.74 Å². The molecule has 0 saturated carbocycles. The van der Waals surface area contributed by atoms with Crippen molar-refractivity contribution in [3.8, 4) is 16.3 Å². The van der Waals surface area contributed by atoms with Crippen LogP contribution in [0.3, 0.4) is 0 Å². The van der Waals surface area contributed by atoms with Crippen LogP contribution in [0.5, 0.6) is 5.75 Å². The number of hydrogen-bond acceptors (Lipinski definition) is 7. The molecule has 26 heavy (non-hydrogen) atoms. The molecule has 6 nitrogen and oxygen atoms in total. The van der Waals surface area contributed by atoms with Crippen LogP contribution in [-0.2, 0) is 4.74 Å². The van der Waals surface area contributed by atoms with Crippen LogP contribution in [0.25, 0.3) is 10.6 Å². The maximum Gasteiger partial charge on any atom is 0.350 e. The number of thiazole rings is 1. The maximum absolute atomic E-state index is 12.0. The first-order valence-corrected chi connectivity index (χ1v) is 9.36. The molecule has 0 atom stereocenters. The minimum Gasteiger partial charge on any atom is -0.492 e. The molecule has 0 radical (unpaired) electrons. The summed E-state index contributed by atoms with van der Waals surface area (Å²) < 4.78 is 10.8. The van der Waals surface area contributed by atoms with Gasteiger partial charge in [0.25, 0.3) is 0 Å². The van der Waals surface area contributed by atoms with Crippen molar-refractivity contribution in [3.05, 3.63) is 33.3 Å². The molecule has 0 fully saturated rings. The molecule has 0 saturated heterocycles. The highest BCUT2D eigenvalue weighted by molar-refractivity contribution is 7.17. The molecule has 0 aliphatic rings. The smallest absolute Gasteiger partial charge is 0.350 e. The second-order valence-corrected chi connectivity index (χ2v) is 7.32. The van der Waals surface area contributed by atoms with E-state index in [4.69, 9.17) is 26.3 Å². The quantitative estimate of drug-likeness (QED) is 0.315. The molecule has 0 aliphatic heterocycles. The molecule has 0 bridgehead atoms. The lowest BCUT2D eigenvalue weighted by molar-refractivity contribution is 0.0531. The first-order chi connectivity index (χ1) is 12.4.